The fourth-order valence-corrected chi connectivity index (χ4v) is 4.45. The molecule has 0 fully saturated rings. The van der Waals surface area contributed by atoms with Crippen LogP contribution in [0.2, 0.25) is 0 Å². The zero-order valence-corrected chi connectivity index (χ0v) is 20.3. The molecule has 0 aromatic heterocycles. The number of phenols is 1. The second-order valence-corrected chi connectivity index (χ2v) is 8.41. The van der Waals surface area contributed by atoms with Crippen molar-refractivity contribution in [3.63, 3.8) is 0 Å². The molecular weight excluding hydrogens is 484 g/mol. The van der Waals surface area contributed by atoms with Crippen molar-refractivity contribution in [2.45, 2.75) is 19.1 Å². The third-order valence-corrected chi connectivity index (χ3v) is 6.15. The lowest BCUT2D eigenvalue weighted by molar-refractivity contribution is 0.314. The van der Waals surface area contributed by atoms with E-state index < -0.39 is 0 Å². The third kappa shape index (κ3) is 4.94. The van der Waals surface area contributed by atoms with Crippen LogP contribution in [-0.2, 0) is 0 Å². The van der Waals surface area contributed by atoms with Crippen LogP contribution in [-0.4, -0.2) is 25.9 Å². The van der Waals surface area contributed by atoms with E-state index in [4.69, 9.17) is 14.2 Å². The van der Waals surface area contributed by atoms with Gasteiger partial charge in [0.15, 0.2) is 11.5 Å². The van der Waals surface area contributed by atoms with Crippen LogP contribution in [0.5, 0.6) is 23.0 Å². The maximum absolute atomic E-state index is 10.9. The molecule has 4 rings (SSSR count). The second-order valence-electron chi connectivity index (χ2n) is 7.55. The molecule has 0 radical (unpaired) electrons. The highest BCUT2D eigenvalue weighted by Crippen LogP contribution is 2.39. The lowest BCUT2D eigenvalue weighted by atomic mass is 9.97. The Morgan fingerprint density at radius 3 is 2.52 bits per heavy atom. The molecule has 0 amide bonds. The monoisotopic (exact) mass is 510 g/mol. The van der Waals surface area contributed by atoms with Crippen LogP contribution < -0.4 is 24.8 Å². The molecule has 3 aromatic rings. The zero-order valence-electron chi connectivity index (χ0n) is 18.8. The quantitative estimate of drug-likeness (QED) is 0.387. The number of halogens is 1. The van der Waals surface area contributed by atoms with Gasteiger partial charge in [-0.25, -0.2) is 0 Å². The standard InChI is InChI=1S/C26H27BrN2O4/c1-4-33-24-10-6-9-19(25(24)30)22-15-21(16-7-5-8-18(13-16)31-2)28-26(29-22)17-11-12-23(32-3)20(27)14-17/h5-15,22,26,28-30H,4H2,1-3H3. The first kappa shape index (κ1) is 23.0. The summed E-state index contributed by atoms with van der Waals surface area (Å²) in [5, 5.41) is 18.1. The highest BCUT2D eigenvalue weighted by molar-refractivity contribution is 9.10. The van der Waals surface area contributed by atoms with Crippen molar-refractivity contribution >= 4 is 21.6 Å². The summed E-state index contributed by atoms with van der Waals surface area (Å²) in [4.78, 5) is 0. The van der Waals surface area contributed by atoms with E-state index in [1.807, 2.05) is 61.5 Å². The first-order valence-electron chi connectivity index (χ1n) is 10.7. The summed E-state index contributed by atoms with van der Waals surface area (Å²) >= 11 is 3.58. The molecule has 1 aliphatic heterocycles. The molecule has 6 nitrogen and oxygen atoms in total. The van der Waals surface area contributed by atoms with Crippen LogP contribution in [0, 0.1) is 0 Å². The second kappa shape index (κ2) is 10.2. The largest absolute Gasteiger partial charge is 0.504 e. The van der Waals surface area contributed by atoms with Gasteiger partial charge >= 0.3 is 0 Å². The van der Waals surface area contributed by atoms with Crippen LogP contribution >= 0.6 is 15.9 Å². The number of nitrogens with one attached hydrogen (secondary N) is 2. The molecular formula is C26H27BrN2O4. The number of rotatable bonds is 7. The molecule has 1 heterocycles. The number of aromatic hydroxyl groups is 1. The van der Waals surface area contributed by atoms with Crippen LogP contribution in [0.15, 0.2) is 71.2 Å². The van der Waals surface area contributed by atoms with E-state index in [2.05, 4.69) is 32.6 Å². The van der Waals surface area contributed by atoms with Crippen molar-refractivity contribution in [3.8, 4) is 23.0 Å². The topological polar surface area (TPSA) is 72.0 Å². The zero-order chi connectivity index (χ0) is 23.4. The molecule has 0 spiro atoms. The lowest BCUT2D eigenvalue weighted by Gasteiger charge is -2.33. The molecule has 0 saturated carbocycles. The summed E-state index contributed by atoms with van der Waals surface area (Å²) in [5.41, 5.74) is 3.66. The van der Waals surface area contributed by atoms with Gasteiger partial charge in [0.1, 0.15) is 17.7 Å². The number of hydrogen-bond donors (Lipinski definition) is 3. The number of para-hydroxylation sites is 1. The number of hydrogen-bond acceptors (Lipinski definition) is 6. The van der Waals surface area contributed by atoms with Gasteiger partial charge in [0.25, 0.3) is 0 Å². The SMILES string of the molecule is CCOc1cccc(C2C=C(c3cccc(OC)c3)NC(c3ccc(OC)c(Br)c3)N2)c1O. The number of phenolic OH excluding ortho intramolecular Hbond substituents is 1. The molecule has 0 bridgehead atoms. The predicted octanol–water partition coefficient (Wildman–Crippen LogP) is 5.54. The summed E-state index contributed by atoms with van der Waals surface area (Å²) in [7, 11) is 3.30. The summed E-state index contributed by atoms with van der Waals surface area (Å²) < 4.78 is 17.3. The van der Waals surface area contributed by atoms with E-state index in [-0.39, 0.29) is 18.0 Å². The number of ether oxygens (including phenoxy) is 3. The lowest BCUT2D eigenvalue weighted by Crippen LogP contribution is -2.39. The van der Waals surface area contributed by atoms with Gasteiger partial charge in [-0.3, -0.25) is 5.32 Å². The first-order valence-corrected chi connectivity index (χ1v) is 11.5. The highest BCUT2D eigenvalue weighted by atomic mass is 79.9. The maximum Gasteiger partial charge on any atom is 0.162 e. The maximum atomic E-state index is 10.9. The minimum absolute atomic E-state index is 0.134. The Bertz CT molecular complexity index is 1160. The summed E-state index contributed by atoms with van der Waals surface area (Å²) in [6, 6.07) is 19.1. The average molecular weight is 511 g/mol. The molecule has 33 heavy (non-hydrogen) atoms. The van der Waals surface area contributed by atoms with Gasteiger partial charge in [-0.2, -0.15) is 0 Å². The molecule has 3 N–H and O–H groups in total. The molecule has 7 heteroatoms. The van der Waals surface area contributed by atoms with Gasteiger partial charge in [0.05, 0.1) is 31.3 Å². The van der Waals surface area contributed by atoms with Crippen LogP contribution in [0.1, 0.15) is 35.8 Å². The normalized spacial score (nSPS) is 17.6. The van der Waals surface area contributed by atoms with Crippen molar-refractivity contribution in [1.82, 2.24) is 10.6 Å². The van der Waals surface area contributed by atoms with Gasteiger partial charge in [0.2, 0.25) is 0 Å². The number of methoxy groups -OCH3 is 2. The van der Waals surface area contributed by atoms with Crippen molar-refractivity contribution in [1.29, 1.82) is 0 Å². The Morgan fingerprint density at radius 1 is 0.970 bits per heavy atom. The fraction of sp³-hybridized carbons (Fsp3) is 0.231. The predicted molar refractivity (Wildman–Crippen MR) is 133 cm³/mol. The average Bonchev–Trinajstić information content (AvgIpc) is 2.85. The molecule has 0 aliphatic carbocycles. The smallest absolute Gasteiger partial charge is 0.162 e. The summed E-state index contributed by atoms with van der Waals surface area (Å²) in [6.07, 6.45) is 1.84. The van der Waals surface area contributed by atoms with Crippen LogP contribution in [0.25, 0.3) is 5.70 Å². The molecule has 172 valence electrons. The minimum Gasteiger partial charge on any atom is -0.504 e. The van der Waals surface area contributed by atoms with E-state index in [0.717, 1.165) is 38.4 Å². The van der Waals surface area contributed by atoms with E-state index in [9.17, 15) is 5.11 Å². The van der Waals surface area contributed by atoms with Gasteiger partial charge in [0, 0.05) is 16.8 Å². The highest BCUT2D eigenvalue weighted by Gasteiger charge is 2.27. The molecule has 1 aliphatic rings. The Hall–Kier alpha value is -3.16. The first-order chi connectivity index (χ1) is 16.0. The number of benzene rings is 3. The summed E-state index contributed by atoms with van der Waals surface area (Å²) in [5.74, 6) is 2.14. The third-order valence-electron chi connectivity index (χ3n) is 5.53. The van der Waals surface area contributed by atoms with Crippen molar-refractivity contribution in [3.05, 3.63) is 87.9 Å². The van der Waals surface area contributed by atoms with E-state index >= 15 is 0 Å². The van der Waals surface area contributed by atoms with Crippen molar-refractivity contribution in [2.75, 3.05) is 20.8 Å². The van der Waals surface area contributed by atoms with E-state index in [1.54, 1.807) is 20.3 Å². The van der Waals surface area contributed by atoms with E-state index in [0.29, 0.717) is 12.4 Å². The van der Waals surface area contributed by atoms with E-state index in [1.165, 1.54) is 0 Å². The molecule has 2 atom stereocenters. The molecule has 3 aromatic carbocycles. The Kier molecular flexibility index (Phi) is 7.11. The minimum atomic E-state index is -0.265. The summed E-state index contributed by atoms with van der Waals surface area (Å²) in [6.45, 7) is 2.37. The Morgan fingerprint density at radius 2 is 1.79 bits per heavy atom. The Labute approximate surface area is 202 Å². The van der Waals surface area contributed by atoms with Gasteiger partial charge in [-0.15, -0.1) is 0 Å². The van der Waals surface area contributed by atoms with Gasteiger partial charge in [-0.1, -0.05) is 30.3 Å². The fourth-order valence-electron chi connectivity index (χ4n) is 3.89. The van der Waals surface area contributed by atoms with Crippen LogP contribution in [0.3, 0.4) is 0 Å². The van der Waals surface area contributed by atoms with Gasteiger partial charge < -0.3 is 24.6 Å². The molecule has 0 saturated heterocycles. The molecule has 2 unspecified atom stereocenters. The van der Waals surface area contributed by atoms with Crippen LogP contribution in [0.4, 0.5) is 0 Å². The van der Waals surface area contributed by atoms with Gasteiger partial charge in [-0.05, 0) is 64.8 Å². The van der Waals surface area contributed by atoms with Crippen molar-refractivity contribution in [2.24, 2.45) is 0 Å². The Balaban J connectivity index is 1.77. The van der Waals surface area contributed by atoms with Crippen molar-refractivity contribution < 1.29 is 19.3 Å².